The quantitative estimate of drug-likeness (QED) is 0.868. The molecule has 2 aromatic rings. The van der Waals surface area contributed by atoms with Crippen LogP contribution in [0, 0.1) is 6.92 Å². The van der Waals surface area contributed by atoms with Crippen LogP contribution in [0.15, 0.2) is 24.3 Å². The molecule has 19 heavy (non-hydrogen) atoms. The lowest BCUT2D eigenvalue weighted by atomic mass is 9.85. The van der Waals surface area contributed by atoms with E-state index in [-0.39, 0.29) is 6.04 Å². The molecular formula is C16H22N2O. The molecule has 1 aliphatic heterocycles. The Kier molecular flexibility index (Phi) is 2.91. The Balaban J connectivity index is 2.21. The summed E-state index contributed by atoms with van der Waals surface area (Å²) >= 11 is 0. The van der Waals surface area contributed by atoms with E-state index in [9.17, 15) is 5.11 Å². The average Bonchev–Trinajstić information content (AvgIpc) is 2.99. The molecule has 3 rings (SSSR count). The van der Waals surface area contributed by atoms with Gasteiger partial charge in [-0.1, -0.05) is 18.2 Å². The Labute approximate surface area is 114 Å². The summed E-state index contributed by atoms with van der Waals surface area (Å²) in [5, 5.41) is 15.7. The molecule has 3 heteroatoms. The normalized spacial score (nSPS) is 22.8. The van der Waals surface area contributed by atoms with Gasteiger partial charge >= 0.3 is 0 Å². The summed E-state index contributed by atoms with van der Waals surface area (Å²) in [6.07, 6.45) is 2.18. The van der Waals surface area contributed by atoms with Crippen LogP contribution in [0.3, 0.4) is 0 Å². The number of benzene rings is 1. The van der Waals surface area contributed by atoms with Crippen LogP contribution >= 0.6 is 0 Å². The van der Waals surface area contributed by atoms with Gasteiger partial charge in [-0.2, -0.15) is 0 Å². The Morgan fingerprint density at radius 2 is 2.11 bits per heavy atom. The summed E-state index contributed by atoms with van der Waals surface area (Å²) < 4.78 is 2.17. The number of hydrogen-bond acceptors (Lipinski definition) is 2. The predicted octanol–water partition coefficient (Wildman–Crippen LogP) is 2.45. The molecule has 0 radical (unpaired) electrons. The minimum absolute atomic E-state index is 0.150. The maximum Gasteiger partial charge on any atom is 0.104 e. The third kappa shape index (κ3) is 1.80. The number of hydrogen-bond donors (Lipinski definition) is 2. The van der Waals surface area contributed by atoms with Gasteiger partial charge in [0.1, 0.15) is 5.60 Å². The zero-order chi connectivity index (χ0) is 13.6. The van der Waals surface area contributed by atoms with Crippen LogP contribution in [0.1, 0.15) is 31.0 Å². The lowest BCUT2D eigenvalue weighted by Crippen LogP contribution is -2.43. The first-order chi connectivity index (χ1) is 9.03. The number of aromatic nitrogens is 1. The third-order valence-corrected chi connectivity index (χ3v) is 4.64. The molecule has 102 valence electrons. The van der Waals surface area contributed by atoms with Gasteiger partial charge in [-0.15, -0.1) is 0 Å². The fourth-order valence-electron chi connectivity index (χ4n) is 3.50. The molecule has 1 aromatic carbocycles. The largest absolute Gasteiger partial charge is 0.384 e. The second-order valence-electron chi connectivity index (χ2n) is 5.83. The highest BCUT2D eigenvalue weighted by atomic mass is 16.3. The zero-order valence-corrected chi connectivity index (χ0v) is 11.9. The number of fused-ring (bicyclic) bond motifs is 1. The van der Waals surface area contributed by atoms with E-state index >= 15 is 0 Å². The SMILES string of the molecule is Cc1c(C(C)(O)C2CCCN2)c2ccccc2n1C. The molecule has 1 fully saturated rings. The molecule has 3 nitrogen and oxygen atoms in total. The van der Waals surface area contributed by atoms with Gasteiger partial charge in [0.15, 0.2) is 0 Å². The molecule has 0 amide bonds. The van der Waals surface area contributed by atoms with Crippen LogP contribution in [0.25, 0.3) is 10.9 Å². The molecule has 2 heterocycles. The summed E-state index contributed by atoms with van der Waals surface area (Å²) in [6, 6.07) is 8.47. The number of rotatable bonds is 2. The van der Waals surface area contributed by atoms with E-state index in [1.54, 1.807) is 0 Å². The average molecular weight is 258 g/mol. The maximum atomic E-state index is 11.1. The Hall–Kier alpha value is -1.32. The second-order valence-corrected chi connectivity index (χ2v) is 5.83. The highest BCUT2D eigenvalue weighted by Crippen LogP contribution is 2.37. The summed E-state index contributed by atoms with van der Waals surface area (Å²) in [5.41, 5.74) is 2.60. The summed E-state index contributed by atoms with van der Waals surface area (Å²) in [7, 11) is 2.07. The number of nitrogens with one attached hydrogen (secondary N) is 1. The van der Waals surface area contributed by atoms with Gasteiger partial charge in [-0.3, -0.25) is 0 Å². The molecule has 0 spiro atoms. The molecule has 2 N–H and O–H groups in total. The third-order valence-electron chi connectivity index (χ3n) is 4.64. The van der Waals surface area contributed by atoms with Crippen molar-refractivity contribution in [1.29, 1.82) is 0 Å². The Morgan fingerprint density at radius 1 is 1.37 bits per heavy atom. The van der Waals surface area contributed by atoms with Crippen molar-refractivity contribution in [1.82, 2.24) is 9.88 Å². The summed E-state index contributed by atoms with van der Waals surface area (Å²) in [4.78, 5) is 0. The van der Waals surface area contributed by atoms with Crippen LogP contribution in [0.5, 0.6) is 0 Å². The van der Waals surface area contributed by atoms with Crippen molar-refractivity contribution in [3.05, 3.63) is 35.5 Å². The minimum Gasteiger partial charge on any atom is -0.384 e. The Morgan fingerprint density at radius 3 is 2.79 bits per heavy atom. The van der Waals surface area contributed by atoms with E-state index < -0.39 is 5.60 Å². The van der Waals surface area contributed by atoms with Crippen LogP contribution in [-0.2, 0) is 12.6 Å². The number of aliphatic hydroxyl groups is 1. The van der Waals surface area contributed by atoms with Gasteiger partial charge in [-0.05, 0) is 39.3 Å². The first-order valence-corrected chi connectivity index (χ1v) is 7.03. The van der Waals surface area contributed by atoms with Gasteiger partial charge in [0.2, 0.25) is 0 Å². The second kappa shape index (κ2) is 4.36. The van der Waals surface area contributed by atoms with Gasteiger partial charge in [-0.25, -0.2) is 0 Å². The van der Waals surface area contributed by atoms with Crippen molar-refractivity contribution in [2.45, 2.75) is 38.3 Å². The van der Waals surface area contributed by atoms with Crippen LogP contribution in [0.4, 0.5) is 0 Å². The summed E-state index contributed by atoms with van der Waals surface area (Å²) in [5.74, 6) is 0. The van der Waals surface area contributed by atoms with Crippen LogP contribution in [-0.4, -0.2) is 22.3 Å². The van der Waals surface area contributed by atoms with E-state index in [1.165, 1.54) is 10.9 Å². The highest BCUT2D eigenvalue weighted by Gasteiger charge is 2.38. The lowest BCUT2D eigenvalue weighted by molar-refractivity contribution is 0.0225. The first-order valence-electron chi connectivity index (χ1n) is 7.03. The molecule has 2 unspecified atom stereocenters. The van der Waals surface area contributed by atoms with Gasteiger partial charge in [0.25, 0.3) is 0 Å². The van der Waals surface area contributed by atoms with Gasteiger partial charge in [0, 0.05) is 35.2 Å². The van der Waals surface area contributed by atoms with Crippen molar-refractivity contribution >= 4 is 10.9 Å². The van der Waals surface area contributed by atoms with E-state index in [1.807, 2.05) is 19.1 Å². The van der Waals surface area contributed by atoms with Crippen molar-refractivity contribution in [3.8, 4) is 0 Å². The monoisotopic (exact) mass is 258 g/mol. The standard InChI is InChI=1S/C16H22N2O/c1-11-15(16(2,19)14-9-6-10-17-14)12-7-4-5-8-13(12)18(11)3/h4-5,7-8,14,17,19H,6,9-10H2,1-3H3. The zero-order valence-electron chi connectivity index (χ0n) is 11.9. The molecule has 1 saturated heterocycles. The fraction of sp³-hybridized carbons (Fsp3) is 0.500. The van der Waals surface area contributed by atoms with Gasteiger partial charge in [0.05, 0.1) is 0 Å². The van der Waals surface area contributed by atoms with Gasteiger partial charge < -0.3 is 15.0 Å². The number of para-hydroxylation sites is 1. The molecule has 0 bridgehead atoms. The lowest BCUT2D eigenvalue weighted by Gasteiger charge is -2.31. The summed E-state index contributed by atoms with van der Waals surface area (Å²) in [6.45, 7) is 5.05. The van der Waals surface area contributed by atoms with Crippen molar-refractivity contribution in [2.75, 3.05) is 6.54 Å². The van der Waals surface area contributed by atoms with Crippen LogP contribution < -0.4 is 5.32 Å². The van der Waals surface area contributed by atoms with Crippen molar-refractivity contribution < 1.29 is 5.11 Å². The molecule has 1 aliphatic rings. The minimum atomic E-state index is -0.818. The molecular weight excluding hydrogens is 236 g/mol. The maximum absolute atomic E-state index is 11.1. The van der Waals surface area contributed by atoms with Crippen molar-refractivity contribution in [3.63, 3.8) is 0 Å². The number of nitrogens with zero attached hydrogens (tertiary/aromatic N) is 1. The molecule has 1 aromatic heterocycles. The highest BCUT2D eigenvalue weighted by molar-refractivity contribution is 5.86. The molecule has 2 atom stereocenters. The topological polar surface area (TPSA) is 37.2 Å². The first kappa shape index (κ1) is 12.7. The van der Waals surface area contributed by atoms with Crippen LogP contribution in [0.2, 0.25) is 0 Å². The molecule has 0 aliphatic carbocycles. The smallest absolute Gasteiger partial charge is 0.104 e. The van der Waals surface area contributed by atoms with Crippen molar-refractivity contribution in [2.24, 2.45) is 7.05 Å². The van der Waals surface area contributed by atoms with E-state index in [0.29, 0.717) is 0 Å². The number of aryl methyl sites for hydroxylation is 1. The van der Waals surface area contributed by atoms with E-state index in [4.69, 9.17) is 0 Å². The van der Waals surface area contributed by atoms with E-state index in [0.717, 1.165) is 30.6 Å². The predicted molar refractivity (Wildman–Crippen MR) is 78.3 cm³/mol. The van der Waals surface area contributed by atoms with E-state index in [2.05, 4.69) is 36.0 Å². The fourth-order valence-corrected chi connectivity index (χ4v) is 3.50. The Bertz CT molecular complexity index is 606. The molecule has 0 saturated carbocycles.